The fourth-order valence-electron chi connectivity index (χ4n) is 1.13. The molecule has 94 valence electrons. The minimum atomic E-state index is -1.31. The van der Waals surface area contributed by atoms with Crippen LogP contribution in [-0.2, 0) is 16.0 Å². The summed E-state index contributed by atoms with van der Waals surface area (Å²) in [6, 6.07) is 10.5. The van der Waals surface area contributed by atoms with E-state index in [1.807, 2.05) is 0 Å². The Labute approximate surface area is 150 Å². The van der Waals surface area contributed by atoms with E-state index in [0.717, 1.165) is 6.42 Å². The molecule has 0 aliphatic heterocycles. The largest absolute Gasteiger partial charge is 1.00 e. The third-order valence-corrected chi connectivity index (χ3v) is 1.70. The Hall–Kier alpha value is -0.204. The number of carboxylic acid groups (broad SMARTS) is 2. The van der Waals surface area contributed by atoms with Gasteiger partial charge in [0.15, 0.2) is 0 Å². The Morgan fingerprint density at radius 2 is 1.50 bits per heavy atom. The minimum Gasteiger partial charge on any atom is -0.481 e. The number of hydrogen-bond donors (Lipinski definition) is 2. The van der Waals surface area contributed by atoms with Crippen molar-refractivity contribution >= 4 is 11.9 Å². The second kappa shape index (κ2) is 11.9. The zero-order chi connectivity index (χ0) is 13.3. The summed E-state index contributed by atoms with van der Waals surface area (Å²) in [5.74, 6) is -1.16. The van der Waals surface area contributed by atoms with Gasteiger partial charge in [0, 0.05) is 0 Å². The van der Waals surface area contributed by atoms with Crippen LogP contribution in [0.4, 0.5) is 0 Å². The Balaban J connectivity index is 0. The van der Waals surface area contributed by atoms with Crippen LogP contribution in [0.15, 0.2) is 30.3 Å². The molecule has 1 aromatic rings. The van der Waals surface area contributed by atoms with Gasteiger partial charge in [-0.05, 0) is 0 Å². The minimum absolute atomic E-state index is 0. The molecule has 0 atom stereocenters. The molecule has 0 aliphatic rings. The Morgan fingerprint density at radius 3 is 1.78 bits per heavy atom. The van der Waals surface area contributed by atoms with Crippen LogP contribution in [0.5, 0.6) is 0 Å². The third-order valence-electron chi connectivity index (χ3n) is 1.70. The van der Waals surface area contributed by atoms with Crippen LogP contribution < -0.4 is 51.4 Å². The average molecular weight is 276 g/mol. The van der Waals surface area contributed by atoms with Gasteiger partial charge in [0.1, 0.15) is 6.42 Å². The van der Waals surface area contributed by atoms with Gasteiger partial charge in [0.25, 0.3) is 0 Å². The molecule has 1 rings (SSSR count). The molecule has 18 heavy (non-hydrogen) atoms. The van der Waals surface area contributed by atoms with E-state index < -0.39 is 18.4 Å². The van der Waals surface area contributed by atoms with E-state index >= 15 is 0 Å². The Kier molecular flexibility index (Phi) is 13.3. The zero-order valence-corrected chi connectivity index (χ0v) is 14.1. The molecule has 0 amide bonds. The summed E-state index contributed by atoms with van der Waals surface area (Å²) in [5.41, 5.74) is 1.41. The topological polar surface area (TPSA) is 74.6 Å². The first-order valence-corrected chi connectivity index (χ1v) is 5.18. The van der Waals surface area contributed by atoms with E-state index in [4.69, 9.17) is 10.2 Å². The van der Waals surface area contributed by atoms with Crippen molar-refractivity contribution in [3.05, 3.63) is 41.8 Å². The van der Waals surface area contributed by atoms with E-state index in [1.54, 1.807) is 0 Å². The van der Waals surface area contributed by atoms with Crippen LogP contribution in [0.25, 0.3) is 0 Å². The molecule has 0 unspecified atom stereocenters. The van der Waals surface area contributed by atoms with Crippen LogP contribution in [0.3, 0.4) is 0 Å². The summed E-state index contributed by atoms with van der Waals surface area (Å²) in [5, 5.41) is 15.4. The van der Waals surface area contributed by atoms with Crippen molar-refractivity contribution in [3.8, 4) is 0 Å². The van der Waals surface area contributed by atoms with Crippen molar-refractivity contribution in [3.63, 3.8) is 0 Å². The number of rotatable bonds is 4. The Morgan fingerprint density at radius 1 is 1.06 bits per heavy atom. The fourth-order valence-corrected chi connectivity index (χ4v) is 1.13. The van der Waals surface area contributed by atoms with Gasteiger partial charge in [-0.25, -0.2) is 0 Å². The molecule has 0 aromatic heterocycles. The Bertz CT molecular complexity index is 337. The molecule has 0 saturated carbocycles. The third kappa shape index (κ3) is 13.9. The van der Waals surface area contributed by atoms with E-state index in [9.17, 15) is 9.59 Å². The monoisotopic (exact) mass is 276 g/mol. The first kappa shape index (κ1) is 20.1. The van der Waals surface area contributed by atoms with Crippen LogP contribution >= 0.6 is 0 Å². The molecule has 0 saturated heterocycles. The van der Waals surface area contributed by atoms with Gasteiger partial charge in [-0.2, -0.15) is 20.3 Å². The standard InChI is InChI=1S/C10H13.C3H4O4.K/c1-9(2)8-10-6-4-3-5-7-10;4-2(5)1-3(6)7;/h3-7H,8H2,1-2H3;1H2,(H,4,5)(H,6,7);/q-1;;+1. The maximum absolute atomic E-state index is 9.43. The normalized spacial score (nSPS) is 8.83. The summed E-state index contributed by atoms with van der Waals surface area (Å²) in [7, 11) is 0. The second-order valence-electron chi connectivity index (χ2n) is 3.83. The molecule has 2 N–H and O–H groups in total. The van der Waals surface area contributed by atoms with Gasteiger partial charge < -0.3 is 16.1 Å². The molecule has 0 spiro atoms. The first-order chi connectivity index (χ1) is 7.91. The van der Waals surface area contributed by atoms with Crippen molar-refractivity contribution in [1.29, 1.82) is 0 Å². The van der Waals surface area contributed by atoms with Gasteiger partial charge in [0.2, 0.25) is 0 Å². The predicted octanol–water partition coefficient (Wildman–Crippen LogP) is -0.607. The van der Waals surface area contributed by atoms with Crippen molar-refractivity contribution < 1.29 is 71.2 Å². The summed E-state index contributed by atoms with van der Waals surface area (Å²) in [4.78, 5) is 18.9. The van der Waals surface area contributed by atoms with Gasteiger partial charge >= 0.3 is 63.3 Å². The maximum Gasteiger partial charge on any atom is 1.00 e. The van der Waals surface area contributed by atoms with Crippen LogP contribution in [0.2, 0.25) is 0 Å². The summed E-state index contributed by atoms with van der Waals surface area (Å²) in [6.07, 6.45) is 0.306. The van der Waals surface area contributed by atoms with Crippen LogP contribution in [-0.4, -0.2) is 22.2 Å². The van der Waals surface area contributed by atoms with Gasteiger partial charge in [-0.3, -0.25) is 9.59 Å². The maximum atomic E-state index is 9.43. The predicted molar refractivity (Wildman–Crippen MR) is 64.6 cm³/mol. The molecular formula is C13H17KO4. The van der Waals surface area contributed by atoms with Gasteiger partial charge in [-0.1, -0.05) is 35.9 Å². The van der Waals surface area contributed by atoms with Crippen LogP contribution in [0, 0.1) is 5.92 Å². The van der Waals surface area contributed by atoms with Crippen molar-refractivity contribution in [2.24, 2.45) is 0 Å². The SMILES string of the molecule is C[C-](C)Cc1ccccc1.O=C(O)CC(=O)O.[K+]. The van der Waals surface area contributed by atoms with E-state index in [-0.39, 0.29) is 51.4 Å². The second-order valence-corrected chi connectivity index (χ2v) is 3.83. The molecule has 0 bridgehead atoms. The molecule has 0 aliphatic carbocycles. The summed E-state index contributed by atoms with van der Waals surface area (Å²) < 4.78 is 0. The first-order valence-electron chi connectivity index (χ1n) is 5.18. The fraction of sp³-hybridized carbons (Fsp3) is 0.308. The number of carboxylic acids is 2. The number of carbonyl (C=O) groups is 2. The molecule has 0 radical (unpaired) electrons. The smallest absolute Gasteiger partial charge is 0.481 e. The summed E-state index contributed by atoms with van der Waals surface area (Å²) in [6.45, 7) is 4.32. The van der Waals surface area contributed by atoms with Crippen LogP contribution in [0.1, 0.15) is 25.8 Å². The zero-order valence-electron chi connectivity index (χ0n) is 11.0. The number of hydrogen-bond acceptors (Lipinski definition) is 2. The number of benzene rings is 1. The van der Waals surface area contributed by atoms with Crippen molar-refractivity contribution in [2.75, 3.05) is 0 Å². The van der Waals surface area contributed by atoms with E-state index in [0.29, 0.717) is 0 Å². The van der Waals surface area contributed by atoms with E-state index in [1.165, 1.54) is 11.5 Å². The van der Waals surface area contributed by atoms with Gasteiger partial charge in [0.05, 0.1) is 0 Å². The molecule has 0 heterocycles. The molecule has 1 aromatic carbocycles. The molecular weight excluding hydrogens is 259 g/mol. The van der Waals surface area contributed by atoms with E-state index in [2.05, 4.69) is 44.2 Å². The molecule has 5 heteroatoms. The molecule has 0 fully saturated rings. The quantitative estimate of drug-likeness (QED) is 0.437. The number of aliphatic carboxylic acids is 2. The van der Waals surface area contributed by atoms with Crippen molar-refractivity contribution in [1.82, 2.24) is 0 Å². The van der Waals surface area contributed by atoms with Crippen molar-refractivity contribution in [2.45, 2.75) is 26.7 Å². The molecule has 4 nitrogen and oxygen atoms in total. The van der Waals surface area contributed by atoms with Gasteiger partial charge in [-0.15, -0.1) is 0 Å². The average Bonchev–Trinajstić information content (AvgIpc) is 2.16. The summed E-state index contributed by atoms with van der Waals surface area (Å²) >= 11 is 0.